The fourth-order valence-electron chi connectivity index (χ4n) is 2.65. The van der Waals surface area contributed by atoms with Crippen LogP contribution in [0.4, 0.5) is 5.95 Å². The molecule has 152 valence electrons. The number of aliphatic hydroxyl groups is 2. The Morgan fingerprint density at radius 1 is 1.41 bits per heavy atom. The second-order valence-electron chi connectivity index (χ2n) is 5.99. The summed E-state index contributed by atoms with van der Waals surface area (Å²) < 4.78 is 12.9. The predicted octanol–water partition coefficient (Wildman–Crippen LogP) is 0.401. The fraction of sp³-hybridized carbons (Fsp3) is 0.588. The number of nitrogen functional groups attached to an aromatic ring is 1. The summed E-state index contributed by atoms with van der Waals surface area (Å²) in [6.45, 7) is 3.82. The zero-order chi connectivity index (χ0) is 20.6. The molecule has 0 radical (unpaired) electrons. The molecule has 27 heavy (non-hydrogen) atoms. The fourth-order valence-corrected chi connectivity index (χ4v) is 2.65. The molecule has 0 aromatic carbocycles. The highest BCUT2D eigenvalue weighted by atomic mass is 16.6. The van der Waals surface area contributed by atoms with Gasteiger partial charge in [0.05, 0.1) is 17.4 Å². The zero-order valence-corrected chi connectivity index (χ0v) is 16.0. The Hall–Kier alpha value is -2.43. The van der Waals surface area contributed by atoms with Crippen molar-refractivity contribution in [2.24, 2.45) is 5.92 Å². The van der Waals surface area contributed by atoms with Gasteiger partial charge in [-0.3, -0.25) is 14.6 Å². The second-order valence-corrected chi connectivity index (χ2v) is 5.99. The Morgan fingerprint density at radius 2 is 2.07 bits per heavy atom. The summed E-state index contributed by atoms with van der Waals surface area (Å²) in [5.74, 6) is -0.313. The normalized spacial score (nSPS) is 18.5. The smallest absolute Gasteiger partial charge is 0.308 e. The maximum Gasteiger partial charge on any atom is 0.308 e. The lowest BCUT2D eigenvalue weighted by Crippen LogP contribution is -2.21. The lowest BCUT2D eigenvalue weighted by atomic mass is 10.2. The molecule has 1 aliphatic rings. The number of nitrogens with one attached hydrogen (secondary N) is 1. The van der Waals surface area contributed by atoms with Crippen LogP contribution in [0.25, 0.3) is 11.0 Å². The average Bonchev–Trinajstić information content (AvgIpc) is 3.29. The summed E-state index contributed by atoms with van der Waals surface area (Å²) in [5, 5.41) is 14.5. The third-order valence-electron chi connectivity index (χ3n) is 3.88. The molecule has 2 aromatic rings. The van der Waals surface area contributed by atoms with Gasteiger partial charge in [-0.25, -0.2) is 0 Å². The molecular weight excluding hydrogens is 356 g/mol. The Labute approximate surface area is 156 Å². The van der Waals surface area contributed by atoms with Crippen LogP contribution in [0.1, 0.15) is 32.9 Å². The number of aromatic amines is 1. The van der Waals surface area contributed by atoms with E-state index in [4.69, 9.17) is 25.4 Å². The van der Waals surface area contributed by atoms with E-state index in [1.54, 1.807) is 30.7 Å². The average molecular weight is 384 g/mol. The number of nitrogens with two attached hydrogens (primary N) is 1. The SMILES string of the molecule is CC(C)C(=O)OCC1CCC(n2ccc3c(=O)[nH]c(N)nc32)O1.CO.CO. The summed E-state index contributed by atoms with van der Waals surface area (Å²) >= 11 is 0. The van der Waals surface area contributed by atoms with E-state index in [0.717, 1.165) is 27.1 Å². The first kappa shape index (κ1) is 22.6. The number of rotatable bonds is 4. The van der Waals surface area contributed by atoms with Crippen LogP contribution in [-0.2, 0) is 14.3 Å². The van der Waals surface area contributed by atoms with Crippen LogP contribution >= 0.6 is 0 Å². The number of anilines is 1. The molecule has 0 amide bonds. The first-order valence-corrected chi connectivity index (χ1v) is 8.53. The number of nitrogens with zero attached hydrogens (tertiary/aromatic N) is 2. The van der Waals surface area contributed by atoms with Crippen molar-refractivity contribution in [2.45, 2.75) is 39.0 Å². The molecule has 0 aliphatic carbocycles. The van der Waals surface area contributed by atoms with Crippen molar-refractivity contribution in [2.75, 3.05) is 26.6 Å². The van der Waals surface area contributed by atoms with Crippen molar-refractivity contribution in [1.82, 2.24) is 14.5 Å². The van der Waals surface area contributed by atoms with E-state index in [1.807, 2.05) is 0 Å². The van der Waals surface area contributed by atoms with Gasteiger partial charge >= 0.3 is 5.97 Å². The molecular formula is C17H28N4O6. The molecule has 0 bridgehead atoms. The third-order valence-corrected chi connectivity index (χ3v) is 3.88. The van der Waals surface area contributed by atoms with Crippen molar-refractivity contribution >= 4 is 23.0 Å². The molecule has 5 N–H and O–H groups in total. The van der Waals surface area contributed by atoms with Gasteiger partial charge < -0.3 is 30.0 Å². The summed E-state index contributed by atoms with van der Waals surface area (Å²) in [5.41, 5.74) is 5.83. The molecule has 1 saturated heterocycles. The van der Waals surface area contributed by atoms with Crippen molar-refractivity contribution in [3.05, 3.63) is 22.6 Å². The highest BCUT2D eigenvalue weighted by Gasteiger charge is 2.29. The van der Waals surface area contributed by atoms with Gasteiger partial charge in [-0.2, -0.15) is 4.98 Å². The van der Waals surface area contributed by atoms with Gasteiger partial charge in [0.2, 0.25) is 5.95 Å². The minimum atomic E-state index is -0.272. The van der Waals surface area contributed by atoms with Crippen LogP contribution in [0, 0.1) is 5.92 Å². The largest absolute Gasteiger partial charge is 0.463 e. The van der Waals surface area contributed by atoms with Crippen LogP contribution in [0.5, 0.6) is 0 Å². The highest BCUT2D eigenvalue weighted by molar-refractivity contribution is 5.76. The van der Waals surface area contributed by atoms with E-state index >= 15 is 0 Å². The molecule has 3 rings (SSSR count). The maximum absolute atomic E-state index is 11.8. The van der Waals surface area contributed by atoms with Crippen LogP contribution in [0.2, 0.25) is 0 Å². The number of H-pyrrole nitrogens is 1. The first-order chi connectivity index (χ1) is 13.0. The van der Waals surface area contributed by atoms with Gasteiger partial charge in [-0.15, -0.1) is 0 Å². The summed E-state index contributed by atoms with van der Waals surface area (Å²) in [6, 6.07) is 1.69. The molecule has 0 spiro atoms. The number of hydrogen-bond acceptors (Lipinski definition) is 8. The summed E-state index contributed by atoms with van der Waals surface area (Å²) in [6.07, 6.45) is 2.89. The summed E-state index contributed by atoms with van der Waals surface area (Å²) in [7, 11) is 2.00. The first-order valence-electron chi connectivity index (χ1n) is 8.53. The minimum absolute atomic E-state index is 0.0721. The van der Waals surface area contributed by atoms with Crippen LogP contribution in [0.3, 0.4) is 0 Å². The number of fused-ring (bicyclic) bond motifs is 1. The Balaban J connectivity index is 0.000000855. The number of aromatic nitrogens is 3. The molecule has 3 heterocycles. The molecule has 1 aliphatic heterocycles. The van der Waals surface area contributed by atoms with E-state index < -0.39 is 0 Å². The van der Waals surface area contributed by atoms with E-state index in [2.05, 4.69) is 9.97 Å². The number of aliphatic hydroxyl groups excluding tert-OH is 2. The number of hydrogen-bond donors (Lipinski definition) is 4. The highest BCUT2D eigenvalue weighted by Crippen LogP contribution is 2.30. The van der Waals surface area contributed by atoms with Gasteiger partial charge in [0, 0.05) is 20.4 Å². The predicted molar refractivity (Wildman–Crippen MR) is 100.0 cm³/mol. The van der Waals surface area contributed by atoms with Crippen LogP contribution in [-0.4, -0.2) is 57.6 Å². The molecule has 2 atom stereocenters. The minimum Gasteiger partial charge on any atom is -0.463 e. The standard InChI is InChI=1S/C15H20N4O4.2CH4O/c1-8(2)14(21)22-7-9-3-4-11(23-9)19-6-5-10-12(19)17-15(16)18-13(10)20;2*1-2/h5-6,8-9,11H,3-4,7H2,1-2H3,(H3,16,17,18,20);2*2H,1H3. The maximum atomic E-state index is 11.8. The molecule has 10 heteroatoms. The van der Waals surface area contributed by atoms with Crippen molar-refractivity contribution in [3.8, 4) is 0 Å². The summed E-state index contributed by atoms with van der Waals surface area (Å²) in [4.78, 5) is 30.0. The zero-order valence-electron chi connectivity index (χ0n) is 16.0. The van der Waals surface area contributed by atoms with Crippen molar-refractivity contribution in [1.29, 1.82) is 0 Å². The Kier molecular flexibility index (Phi) is 8.92. The second kappa shape index (κ2) is 10.7. The van der Waals surface area contributed by atoms with Gasteiger partial charge in [0.1, 0.15) is 12.8 Å². The van der Waals surface area contributed by atoms with Gasteiger partial charge in [0.15, 0.2) is 5.65 Å². The molecule has 2 aromatic heterocycles. The van der Waals surface area contributed by atoms with E-state index in [9.17, 15) is 9.59 Å². The van der Waals surface area contributed by atoms with Gasteiger partial charge in [0.25, 0.3) is 5.56 Å². The van der Waals surface area contributed by atoms with Crippen LogP contribution in [0.15, 0.2) is 17.1 Å². The topological polar surface area (TPSA) is 153 Å². The van der Waals surface area contributed by atoms with E-state index in [-0.39, 0.29) is 42.3 Å². The third kappa shape index (κ3) is 5.52. The lowest BCUT2D eigenvalue weighted by Gasteiger charge is -2.16. The monoisotopic (exact) mass is 384 g/mol. The number of carbonyl (C=O) groups is 1. The van der Waals surface area contributed by atoms with Gasteiger partial charge in [-0.1, -0.05) is 13.8 Å². The molecule has 0 saturated carbocycles. The number of esters is 1. The Bertz CT molecular complexity index is 785. The number of carbonyl (C=O) groups excluding carboxylic acids is 1. The number of ether oxygens (including phenoxy) is 2. The molecule has 10 nitrogen and oxygen atoms in total. The van der Waals surface area contributed by atoms with Crippen LogP contribution < -0.4 is 11.3 Å². The van der Waals surface area contributed by atoms with Crippen molar-refractivity contribution < 1.29 is 24.5 Å². The lowest BCUT2D eigenvalue weighted by molar-refractivity contribution is -0.152. The van der Waals surface area contributed by atoms with E-state index in [0.29, 0.717) is 11.0 Å². The van der Waals surface area contributed by atoms with E-state index in [1.165, 1.54) is 0 Å². The molecule has 1 fully saturated rings. The quantitative estimate of drug-likeness (QED) is 0.553. The molecule has 2 unspecified atom stereocenters. The Morgan fingerprint density at radius 3 is 2.70 bits per heavy atom. The van der Waals surface area contributed by atoms with Gasteiger partial charge in [-0.05, 0) is 18.9 Å². The van der Waals surface area contributed by atoms with Crippen molar-refractivity contribution in [3.63, 3.8) is 0 Å².